The lowest BCUT2D eigenvalue weighted by atomic mass is 9.88. The predicted molar refractivity (Wildman–Crippen MR) is 60.6 cm³/mol. The van der Waals surface area contributed by atoms with Gasteiger partial charge in [0.25, 0.3) is 0 Å². The maximum atomic E-state index is 11.1. The van der Waals surface area contributed by atoms with Crippen molar-refractivity contribution < 1.29 is 9.90 Å². The summed E-state index contributed by atoms with van der Waals surface area (Å²) in [6, 6.07) is 3.30. The van der Waals surface area contributed by atoms with E-state index in [0.717, 1.165) is 19.5 Å². The molecule has 0 bridgehead atoms. The predicted octanol–water partition coefficient (Wildman–Crippen LogP) is 1.49. The molecule has 0 radical (unpaired) electrons. The molecule has 0 amide bonds. The first kappa shape index (κ1) is 11.1. The quantitative estimate of drug-likeness (QED) is 0.810. The number of nitrogens with one attached hydrogen (secondary N) is 1. The van der Waals surface area contributed by atoms with E-state index in [1.807, 2.05) is 0 Å². The Morgan fingerprint density at radius 2 is 2.50 bits per heavy atom. The number of nitrogens with zero attached hydrogens (tertiary/aromatic N) is 1. The van der Waals surface area contributed by atoms with Crippen molar-refractivity contribution in [2.24, 2.45) is 5.92 Å². The van der Waals surface area contributed by atoms with Crippen LogP contribution in [0.4, 0.5) is 0 Å². The molecule has 16 heavy (non-hydrogen) atoms. The van der Waals surface area contributed by atoms with Gasteiger partial charge in [0.15, 0.2) is 0 Å². The molecule has 4 heteroatoms. The highest BCUT2D eigenvalue weighted by molar-refractivity contribution is 5.88. The van der Waals surface area contributed by atoms with Crippen LogP contribution in [0.3, 0.4) is 0 Å². The Morgan fingerprint density at radius 1 is 1.69 bits per heavy atom. The van der Waals surface area contributed by atoms with Gasteiger partial charge in [-0.05, 0) is 37.6 Å². The summed E-state index contributed by atoms with van der Waals surface area (Å²) in [6.07, 6.45) is 2.76. The molecule has 2 unspecified atom stereocenters. The van der Waals surface area contributed by atoms with Crippen LogP contribution in [0.5, 0.6) is 0 Å². The highest BCUT2D eigenvalue weighted by Gasteiger charge is 2.26. The monoisotopic (exact) mass is 220 g/mol. The highest BCUT2D eigenvalue weighted by atomic mass is 16.4. The van der Waals surface area contributed by atoms with Gasteiger partial charge in [-0.3, -0.25) is 4.98 Å². The first-order valence-electron chi connectivity index (χ1n) is 5.59. The molecular formula is C12H16N2O2. The molecule has 0 saturated carbocycles. The van der Waals surface area contributed by atoms with E-state index in [-0.39, 0.29) is 5.92 Å². The van der Waals surface area contributed by atoms with Crippen molar-refractivity contribution in [1.29, 1.82) is 0 Å². The van der Waals surface area contributed by atoms with Crippen LogP contribution in [0, 0.1) is 5.92 Å². The van der Waals surface area contributed by atoms with Gasteiger partial charge in [-0.15, -0.1) is 0 Å². The summed E-state index contributed by atoms with van der Waals surface area (Å²) in [5, 5.41) is 12.4. The van der Waals surface area contributed by atoms with E-state index in [4.69, 9.17) is 5.11 Å². The molecule has 86 valence electrons. The molecule has 1 saturated heterocycles. The van der Waals surface area contributed by atoms with Gasteiger partial charge in [-0.1, -0.05) is 6.92 Å². The van der Waals surface area contributed by atoms with Gasteiger partial charge in [0.2, 0.25) is 0 Å². The van der Waals surface area contributed by atoms with Crippen molar-refractivity contribution in [3.63, 3.8) is 0 Å². The Kier molecular flexibility index (Phi) is 3.19. The zero-order valence-corrected chi connectivity index (χ0v) is 9.31. The molecule has 2 rings (SSSR count). The van der Waals surface area contributed by atoms with E-state index in [2.05, 4.69) is 17.2 Å². The Bertz CT molecular complexity index is 386. The van der Waals surface area contributed by atoms with Gasteiger partial charge in [0.05, 0.1) is 11.3 Å². The molecular weight excluding hydrogens is 204 g/mol. The summed E-state index contributed by atoms with van der Waals surface area (Å²) >= 11 is 0. The second-order valence-electron chi connectivity index (χ2n) is 4.28. The third-order valence-electron chi connectivity index (χ3n) is 3.31. The highest BCUT2D eigenvalue weighted by Crippen LogP contribution is 2.29. The van der Waals surface area contributed by atoms with Crippen molar-refractivity contribution >= 4 is 5.97 Å². The Hall–Kier alpha value is -1.42. The standard InChI is InChI=1S/C12H16N2O2/c1-8(9-4-6-13-7-9)11-10(12(15)16)3-2-5-14-11/h2-3,5,8-9,13H,4,6-7H2,1H3,(H,15,16). The normalized spacial score (nSPS) is 21.9. The number of carboxylic acids is 1. The van der Waals surface area contributed by atoms with E-state index in [9.17, 15) is 4.79 Å². The fourth-order valence-corrected chi connectivity index (χ4v) is 2.29. The zero-order chi connectivity index (χ0) is 11.5. The fourth-order valence-electron chi connectivity index (χ4n) is 2.29. The first-order chi connectivity index (χ1) is 7.70. The van der Waals surface area contributed by atoms with E-state index in [0.29, 0.717) is 17.2 Å². The van der Waals surface area contributed by atoms with Crippen molar-refractivity contribution in [3.8, 4) is 0 Å². The average molecular weight is 220 g/mol. The van der Waals surface area contributed by atoms with E-state index < -0.39 is 5.97 Å². The van der Waals surface area contributed by atoms with Gasteiger partial charge in [-0.25, -0.2) is 4.79 Å². The first-order valence-corrected chi connectivity index (χ1v) is 5.59. The van der Waals surface area contributed by atoms with E-state index >= 15 is 0 Å². The minimum Gasteiger partial charge on any atom is -0.478 e. The van der Waals surface area contributed by atoms with Crippen LogP contribution in [0.25, 0.3) is 0 Å². The maximum Gasteiger partial charge on any atom is 0.337 e. The largest absolute Gasteiger partial charge is 0.478 e. The molecule has 0 aromatic carbocycles. The molecule has 1 fully saturated rings. The summed E-state index contributed by atoms with van der Waals surface area (Å²) in [5.74, 6) is -0.198. The second-order valence-corrected chi connectivity index (χ2v) is 4.28. The Labute approximate surface area is 94.7 Å². The second kappa shape index (κ2) is 4.61. The molecule has 2 atom stereocenters. The number of aromatic carboxylic acids is 1. The number of hydrogen-bond acceptors (Lipinski definition) is 3. The molecule has 2 heterocycles. The average Bonchev–Trinajstić information content (AvgIpc) is 2.81. The summed E-state index contributed by atoms with van der Waals surface area (Å²) < 4.78 is 0. The smallest absolute Gasteiger partial charge is 0.337 e. The molecule has 1 aliphatic heterocycles. The Morgan fingerprint density at radius 3 is 3.12 bits per heavy atom. The van der Waals surface area contributed by atoms with Gasteiger partial charge in [-0.2, -0.15) is 0 Å². The van der Waals surface area contributed by atoms with Crippen LogP contribution in [0.2, 0.25) is 0 Å². The number of aromatic nitrogens is 1. The molecule has 4 nitrogen and oxygen atoms in total. The van der Waals surface area contributed by atoms with Gasteiger partial charge in [0, 0.05) is 12.1 Å². The van der Waals surface area contributed by atoms with Gasteiger partial charge >= 0.3 is 5.97 Å². The topological polar surface area (TPSA) is 62.2 Å². The fraction of sp³-hybridized carbons (Fsp3) is 0.500. The van der Waals surface area contributed by atoms with E-state index in [1.54, 1.807) is 18.3 Å². The summed E-state index contributed by atoms with van der Waals surface area (Å²) in [6.45, 7) is 4.04. The van der Waals surface area contributed by atoms with Gasteiger partial charge in [0.1, 0.15) is 0 Å². The lowest BCUT2D eigenvalue weighted by molar-refractivity contribution is 0.0694. The van der Waals surface area contributed by atoms with Crippen LogP contribution in [0.15, 0.2) is 18.3 Å². The van der Waals surface area contributed by atoms with Crippen molar-refractivity contribution in [3.05, 3.63) is 29.6 Å². The van der Waals surface area contributed by atoms with Crippen LogP contribution >= 0.6 is 0 Å². The number of rotatable bonds is 3. The lowest BCUT2D eigenvalue weighted by Gasteiger charge is -2.19. The maximum absolute atomic E-state index is 11.1. The summed E-state index contributed by atoms with van der Waals surface area (Å²) in [7, 11) is 0. The third-order valence-corrected chi connectivity index (χ3v) is 3.31. The van der Waals surface area contributed by atoms with Crippen LogP contribution in [-0.4, -0.2) is 29.1 Å². The molecule has 0 aliphatic carbocycles. The third kappa shape index (κ3) is 2.07. The molecule has 1 aromatic rings. The number of hydrogen-bond donors (Lipinski definition) is 2. The Balaban J connectivity index is 2.27. The molecule has 0 spiro atoms. The van der Waals surface area contributed by atoms with E-state index in [1.165, 1.54) is 0 Å². The summed E-state index contributed by atoms with van der Waals surface area (Å²) in [4.78, 5) is 15.3. The van der Waals surface area contributed by atoms with Crippen LogP contribution in [-0.2, 0) is 0 Å². The van der Waals surface area contributed by atoms with Crippen LogP contribution in [0.1, 0.15) is 35.3 Å². The van der Waals surface area contributed by atoms with Crippen molar-refractivity contribution in [2.45, 2.75) is 19.3 Å². The van der Waals surface area contributed by atoms with Crippen molar-refractivity contribution in [2.75, 3.05) is 13.1 Å². The number of carbonyl (C=O) groups is 1. The van der Waals surface area contributed by atoms with Crippen molar-refractivity contribution in [1.82, 2.24) is 10.3 Å². The van der Waals surface area contributed by atoms with Gasteiger partial charge < -0.3 is 10.4 Å². The minimum atomic E-state index is -0.888. The molecule has 2 N–H and O–H groups in total. The summed E-state index contributed by atoms with van der Waals surface area (Å²) in [5.41, 5.74) is 1.05. The lowest BCUT2D eigenvalue weighted by Crippen LogP contribution is -2.17. The number of pyridine rings is 1. The zero-order valence-electron chi connectivity index (χ0n) is 9.31. The molecule has 1 aromatic heterocycles. The van der Waals surface area contributed by atoms with Crippen LogP contribution < -0.4 is 5.32 Å². The number of carboxylic acid groups (broad SMARTS) is 1. The SMILES string of the molecule is CC(c1ncccc1C(=O)O)C1CCNC1. The minimum absolute atomic E-state index is 0.197. The molecule has 1 aliphatic rings.